The van der Waals surface area contributed by atoms with Gasteiger partial charge in [-0.15, -0.1) is 0 Å². The molecule has 82 valence electrons. The number of alkyl halides is 3. The minimum Gasteiger partial charge on any atom is -0.284 e. The molecule has 15 heavy (non-hydrogen) atoms. The van der Waals surface area contributed by atoms with Gasteiger partial charge in [0, 0.05) is 0 Å². The molecular weight excluding hydrogens is 254 g/mol. The summed E-state index contributed by atoms with van der Waals surface area (Å²) in [6.45, 7) is 1.43. The molecule has 1 heterocycles. The maximum absolute atomic E-state index is 12.1. The molecular formula is C8H4Cl2F3NO. The molecule has 0 aliphatic rings. The van der Waals surface area contributed by atoms with E-state index in [9.17, 15) is 18.0 Å². The highest BCUT2D eigenvalue weighted by Crippen LogP contribution is 2.27. The molecule has 1 aromatic heterocycles. The first kappa shape index (κ1) is 12.3. The highest BCUT2D eigenvalue weighted by Gasteiger charge is 2.40. The summed E-state index contributed by atoms with van der Waals surface area (Å²) < 4.78 is 36.2. The number of aryl methyl sites for hydroxylation is 1. The standard InChI is InChI=1S/C8H4Cl2F3NO/c1-3-2-4(5(15)8(11,12)13)7(10)14-6(3)9/h2H,1H3. The van der Waals surface area contributed by atoms with Crippen molar-refractivity contribution in [2.24, 2.45) is 0 Å². The van der Waals surface area contributed by atoms with E-state index >= 15 is 0 Å². The predicted octanol–water partition coefficient (Wildman–Crippen LogP) is 3.44. The zero-order valence-corrected chi connectivity index (χ0v) is 8.83. The number of nitrogens with zero attached hydrogens (tertiary/aromatic N) is 1. The van der Waals surface area contributed by atoms with Crippen molar-refractivity contribution in [2.75, 3.05) is 0 Å². The Morgan fingerprint density at radius 2 is 1.87 bits per heavy atom. The van der Waals surface area contributed by atoms with Crippen LogP contribution in [0.5, 0.6) is 0 Å². The smallest absolute Gasteiger partial charge is 0.284 e. The Balaban J connectivity index is 3.28. The maximum Gasteiger partial charge on any atom is 0.454 e. The number of carbonyl (C=O) groups is 1. The Morgan fingerprint density at radius 1 is 1.33 bits per heavy atom. The zero-order valence-electron chi connectivity index (χ0n) is 7.32. The van der Waals surface area contributed by atoms with Crippen molar-refractivity contribution >= 4 is 29.0 Å². The molecule has 0 unspecified atom stereocenters. The fourth-order valence-electron chi connectivity index (χ4n) is 0.882. The highest BCUT2D eigenvalue weighted by molar-refractivity contribution is 6.35. The lowest BCUT2D eigenvalue weighted by Gasteiger charge is -2.07. The van der Waals surface area contributed by atoms with Crippen molar-refractivity contribution in [1.82, 2.24) is 4.98 Å². The number of ketones is 1. The van der Waals surface area contributed by atoms with Gasteiger partial charge in [0.25, 0.3) is 5.78 Å². The molecule has 0 N–H and O–H groups in total. The molecule has 0 saturated carbocycles. The van der Waals surface area contributed by atoms with Crippen LogP contribution in [0.4, 0.5) is 13.2 Å². The third-order valence-electron chi connectivity index (χ3n) is 1.61. The lowest BCUT2D eigenvalue weighted by Crippen LogP contribution is -2.23. The Bertz CT molecular complexity index is 417. The molecule has 0 atom stereocenters. The van der Waals surface area contributed by atoms with Gasteiger partial charge >= 0.3 is 6.18 Å². The molecule has 1 aromatic rings. The van der Waals surface area contributed by atoms with E-state index in [-0.39, 0.29) is 10.7 Å². The summed E-state index contributed by atoms with van der Waals surface area (Å²) in [4.78, 5) is 14.3. The first-order valence-corrected chi connectivity index (χ1v) is 4.43. The van der Waals surface area contributed by atoms with E-state index in [0.717, 1.165) is 6.07 Å². The number of pyridine rings is 1. The number of Topliss-reactive ketones (excluding diaryl/α,β-unsaturated/α-hetero) is 1. The number of rotatable bonds is 1. The third kappa shape index (κ3) is 2.60. The minimum atomic E-state index is -4.97. The number of hydrogen-bond acceptors (Lipinski definition) is 2. The normalized spacial score (nSPS) is 11.6. The van der Waals surface area contributed by atoms with Gasteiger partial charge in [0.15, 0.2) is 0 Å². The van der Waals surface area contributed by atoms with Crippen LogP contribution in [0.2, 0.25) is 10.3 Å². The summed E-state index contributed by atoms with van der Waals surface area (Å²) >= 11 is 10.9. The second kappa shape index (κ2) is 3.98. The minimum absolute atomic E-state index is 0.0290. The van der Waals surface area contributed by atoms with Crippen LogP contribution in [0.3, 0.4) is 0 Å². The van der Waals surface area contributed by atoms with Crippen LogP contribution in [-0.2, 0) is 0 Å². The Labute approximate surface area is 93.0 Å². The van der Waals surface area contributed by atoms with Crippen molar-refractivity contribution < 1.29 is 18.0 Å². The van der Waals surface area contributed by atoms with E-state index in [1.807, 2.05) is 0 Å². The topological polar surface area (TPSA) is 30.0 Å². The third-order valence-corrected chi connectivity index (χ3v) is 2.28. The second-order valence-electron chi connectivity index (χ2n) is 2.76. The van der Waals surface area contributed by atoms with Crippen molar-refractivity contribution in [3.05, 3.63) is 27.5 Å². The monoisotopic (exact) mass is 257 g/mol. The van der Waals surface area contributed by atoms with Crippen LogP contribution in [-0.4, -0.2) is 16.9 Å². The molecule has 7 heteroatoms. The Morgan fingerprint density at radius 3 is 2.33 bits per heavy atom. The molecule has 0 spiro atoms. The molecule has 0 fully saturated rings. The number of hydrogen-bond donors (Lipinski definition) is 0. The van der Waals surface area contributed by atoms with Gasteiger partial charge < -0.3 is 0 Å². The number of carbonyl (C=O) groups excluding carboxylic acids is 1. The second-order valence-corrected chi connectivity index (χ2v) is 3.48. The fourth-order valence-corrected chi connectivity index (χ4v) is 1.29. The van der Waals surface area contributed by atoms with Gasteiger partial charge in [-0.05, 0) is 18.6 Å². The van der Waals surface area contributed by atoms with Crippen LogP contribution < -0.4 is 0 Å². The summed E-state index contributed by atoms with van der Waals surface area (Å²) in [6, 6.07) is 0.966. The molecule has 1 rings (SSSR count). The first-order valence-electron chi connectivity index (χ1n) is 3.67. The lowest BCUT2D eigenvalue weighted by atomic mass is 10.1. The SMILES string of the molecule is Cc1cc(C(=O)C(F)(F)F)c(Cl)nc1Cl. The average molecular weight is 258 g/mol. The van der Waals surface area contributed by atoms with Crippen LogP contribution >= 0.6 is 23.2 Å². The van der Waals surface area contributed by atoms with E-state index in [1.54, 1.807) is 0 Å². The van der Waals surface area contributed by atoms with Crippen LogP contribution in [0.25, 0.3) is 0 Å². The predicted molar refractivity (Wildman–Crippen MR) is 49.4 cm³/mol. The summed E-state index contributed by atoms with van der Waals surface area (Å²) in [7, 11) is 0. The highest BCUT2D eigenvalue weighted by atomic mass is 35.5. The maximum atomic E-state index is 12.1. The van der Waals surface area contributed by atoms with E-state index in [1.165, 1.54) is 6.92 Å². The number of aromatic nitrogens is 1. The average Bonchev–Trinajstić information content (AvgIpc) is 2.08. The first-order chi connectivity index (χ1) is 6.73. The molecule has 0 saturated heterocycles. The van der Waals surface area contributed by atoms with E-state index < -0.39 is 22.7 Å². The molecule has 0 aliphatic carbocycles. The summed E-state index contributed by atoms with van der Waals surface area (Å²) in [6.07, 6.45) is -4.97. The van der Waals surface area contributed by atoms with Gasteiger partial charge in [-0.25, -0.2) is 4.98 Å². The van der Waals surface area contributed by atoms with Gasteiger partial charge in [0.1, 0.15) is 10.3 Å². The van der Waals surface area contributed by atoms with Gasteiger partial charge in [0.05, 0.1) is 5.56 Å². The van der Waals surface area contributed by atoms with Crippen LogP contribution in [0.1, 0.15) is 15.9 Å². The van der Waals surface area contributed by atoms with Crippen LogP contribution in [0.15, 0.2) is 6.07 Å². The lowest BCUT2D eigenvalue weighted by molar-refractivity contribution is -0.0885. The van der Waals surface area contributed by atoms with E-state index in [2.05, 4.69) is 4.98 Å². The molecule has 0 aromatic carbocycles. The Kier molecular flexibility index (Phi) is 3.25. The van der Waals surface area contributed by atoms with Gasteiger partial charge in [-0.2, -0.15) is 13.2 Å². The zero-order chi connectivity index (χ0) is 11.8. The van der Waals surface area contributed by atoms with Crippen LogP contribution in [0, 0.1) is 6.92 Å². The molecule has 2 nitrogen and oxygen atoms in total. The van der Waals surface area contributed by atoms with Gasteiger partial charge in [-0.1, -0.05) is 23.2 Å². The van der Waals surface area contributed by atoms with Crippen molar-refractivity contribution in [3.63, 3.8) is 0 Å². The number of halogens is 5. The quantitative estimate of drug-likeness (QED) is 0.570. The molecule has 0 aliphatic heterocycles. The van der Waals surface area contributed by atoms with Crippen molar-refractivity contribution in [2.45, 2.75) is 13.1 Å². The molecule has 0 amide bonds. The molecule has 0 bridgehead atoms. The fraction of sp³-hybridized carbons (Fsp3) is 0.250. The molecule has 0 radical (unpaired) electrons. The van der Waals surface area contributed by atoms with E-state index in [0.29, 0.717) is 0 Å². The Hall–Kier alpha value is -0.810. The summed E-state index contributed by atoms with van der Waals surface area (Å²) in [5.74, 6) is -2.03. The van der Waals surface area contributed by atoms with E-state index in [4.69, 9.17) is 23.2 Å². The summed E-state index contributed by atoms with van der Waals surface area (Å²) in [5, 5.41) is -0.577. The van der Waals surface area contributed by atoms with Gasteiger partial charge in [-0.3, -0.25) is 4.79 Å². The largest absolute Gasteiger partial charge is 0.454 e. The van der Waals surface area contributed by atoms with Gasteiger partial charge in [0.2, 0.25) is 0 Å². The van der Waals surface area contributed by atoms with Crippen molar-refractivity contribution in [1.29, 1.82) is 0 Å². The van der Waals surface area contributed by atoms with Crippen molar-refractivity contribution in [3.8, 4) is 0 Å². The summed E-state index contributed by atoms with van der Waals surface area (Å²) in [5.41, 5.74) is -0.431.